The molecule has 0 aromatic heterocycles. The number of nitrogens with one attached hydrogen (secondary N) is 1. The van der Waals surface area contributed by atoms with Crippen molar-refractivity contribution in [3.05, 3.63) is 65.4 Å². The molecule has 0 unspecified atom stereocenters. The maximum absolute atomic E-state index is 12.5. The highest BCUT2D eigenvalue weighted by molar-refractivity contribution is 7.88. The van der Waals surface area contributed by atoms with Crippen LogP contribution in [0.5, 0.6) is 0 Å². The molecule has 0 fully saturated rings. The number of benzene rings is 2. The van der Waals surface area contributed by atoms with Gasteiger partial charge in [-0.1, -0.05) is 45.0 Å². The predicted molar refractivity (Wildman–Crippen MR) is 130 cm³/mol. The van der Waals surface area contributed by atoms with Crippen molar-refractivity contribution in [3.63, 3.8) is 0 Å². The monoisotopic (exact) mass is 465 g/mol. The number of carbonyl (C=O) groups excluding carboxylic acids is 2. The van der Waals surface area contributed by atoms with E-state index in [-0.39, 0.29) is 23.5 Å². The van der Waals surface area contributed by atoms with Gasteiger partial charge in [0.1, 0.15) is 0 Å². The number of aryl methyl sites for hydroxylation is 1. The van der Waals surface area contributed by atoms with Crippen LogP contribution in [0.4, 0.5) is 5.69 Å². The van der Waals surface area contributed by atoms with Crippen LogP contribution in [0.2, 0.25) is 0 Å². The van der Waals surface area contributed by atoms with Crippen molar-refractivity contribution >= 4 is 33.1 Å². The molecular weight excluding hydrogens is 438 g/mol. The third-order valence-corrected chi connectivity index (χ3v) is 6.22. The molecule has 0 saturated heterocycles. The molecule has 0 spiro atoms. The molecule has 1 heterocycles. The minimum absolute atomic E-state index is 0.131. The Hall–Kier alpha value is -3.26. The Kier molecular flexibility index (Phi) is 5.74. The van der Waals surface area contributed by atoms with E-state index in [0.717, 1.165) is 51.9 Å². The van der Waals surface area contributed by atoms with E-state index in [9.17, 15) is 18.0 Å². The fourth-order valence-electron chi connectivity index (χ4n) is 4.02. The highest BCUT2D eigenvalue weighted by Crippen LogP contribution is 2.35. The lowest BCUT2D eigenvalue weighted by molar-refractivity contribution is -0.124. The van der Waals surface area contributed by atoms with Crippen LogP contribution in [0.15, 0.2) is 53.8 Å². The molecule has 1 aliphatic heterocycles. The molecule has 7 nitrogen and oxygen atoms in total. The van der Waals surface area contributed by atoms with E-state index in [1.54, 1.807) is 6.20 Å². The van der Waals surface area contributed by atoms with Gasteiger partial charge in [-0.2, -0.15) is 5.10 Å². The van der Waals surface area contributed by atoms with E-state index in [1.165, 1.54) is 11.0 Å². The molecule has 4 rings (SSSR count). The molecule has 2 aromatic rings. The fraction of sp³-hybridized carbons (Fsp3) is 0.320. The van der Waals surface area contributed by atoms with Gasteiger partial charge < -0.3 is 0 Å². The second-order valence-corrected chi connectivity index (χ2v) is 11.3. The largest absolute Gasteiger partial charge is 0.294 e. The molecule has 1 N–H and O–H groups in total. The number of amides is 1. The number of sulfonamides is 1. The Morgan fingerprint density at radius 1 is 1.00 bits per heavy atom. The van der Waals surface area contributed by atoms with Crippen LogP contribution in [-0.2, 0) is 31.4 Å². The van der Waals surface area contributed by atoms with E-state index in [4.69, 9.17) is 0 Å². The van der Waals surface area contributed by atoms with Gasteiger partial charge >= 0.3 is 0 Å². The van der Waals surface area contributed by atoms with E-state index < -0.39 is 10.0 Å². The second kappa shape index (κ2) is 8.26. The van der Waals surface area contributed by atoms with E-state index in [2.05, 4.69) is 42.8 Å². The van der Waals surface area contributed by atoms with E-state index >= 15 is 0 Å². The van der Waals surface area contributed by atoms with E-state index in [1.807, 2.05) is 24.3 Å². The van der Waals surface area contributed by atoms with Gasteiger partial charge in [-0.05, 0) is 58.7 Å². The zero-order valence-corrected chi connectivity index (χ0v) is 20.0. The number of hydrogen-bond donors (Lipinski definition) is 1. The van der Waals surface area contributed by atoms with Gasteiger partial charge in [-0.15, -0.1) is 0 Å². The lowest BCUT2D eigenvalue weighted by Crippen LogP contribution is -2.31. The molecule has 0 saturated carbocycles. The van der Waals surface area contributed by atoms with Crippen LogP contribution in [0.3, 0.4) is 0 Å². The Balaban J connectivity index is 1.76. The molecule has 1 aliphatic carbocycles. The number of carbonyl (C=O) groups is 2. The van der Waals surface area contributed by atoms with Crippen LogP contribution in [-0.4, -0.2) is 32.1 Å². The molecule has 2 aliphatic rings. The zero-order chi connectivity index (χ0) is 24.0. The predicted octanol–water partition coefficient (Wildman–Crippen LogP) is 3.67. The first-order chi connectivity index (χ1) is 15.4. The molecule has 1 amide bonds. The fourth-order valence-corrected chi connectivity index (χ4v) is 4.29. The number of fused-ring (bicyclic) bond motifs is 1. The third kappa shape index (κ3) is 5.06. The quantitative estimate of drug-likeness (QED) is 0.550. The Bertz CT molecular complexity index is 1320. The first kappa shape index (κ1) is 22.9. The molecule has 0 atom stereocenters. The first-order valence-corrected chi connectivity index (χ1v) is 12.7. The van der Waals surface area contributed by atoms with Crippen molar-refractivity contribution in [1.82, 2.24) is 4.83 Å². The van der Waals surface area contributed by atoms with Crippen molar-refractivity contribution in [3.8, 4) is 11.1 Å². The number of nitrogens with zero attached hydrogens (tertiary/aromatic N) is 2. The molecule has 0 radical (unpaired) electrons. The van der Waals surface area contributed by atoms with Gasteiger partial charge in [0.15, 0.2) is 5.78 Å². The summed E-state index contributed by atoms with van der Waals surface area (Å²) >= 11 is 0. The van der Waals surface area contributed by atoms with Gasteiger partial charge in [0, 0.05) is 17.5 Å². The molecule has 172 valence electrons. The minimum atomic E-state index is -3.40. The van der Waals surface area contributed by atoms with E-state index in [0.29, 0.717) is 6.42 Å². The average Bonchev–Trinajstić information content (AvgIpc) is 3.13. The maximum Gasteiger partial charge on any atom is 0.244 e. The highest BCUT2D eigenvalue weighted by Gasteiger charge is 2.24. The standard InChI is InChI=1S/C25H27N3O4S/c1-25(2,3)19-12-18(13-20(14-19)28-10-9-21(29)15-24(28)30)16-5-7-22-17(11-16)6-8-23(22)26-27-33(4,31)32/h5,7,9-14,27H,6,8,15H2,1-4H3/b26-23+. The lowest BCUT2D eigenvalue weighted by atomic mass is 9.84. The molecular formula is C25H27N3O4S. The number of hydrogen-bond acceptors (Lipinski definition) is 5. The van der Waals surface area contributed by atoms with Crippen LogP contribution in [0.25, 0.3) is 11.1 Å². The van der Waals surface area contributed by atoms with Crippen LogP contribution >= 0.6 is 0 Å². The van der Waals surface area contributed by atoms with Gasteiger partial charge in [-0.3, -0.25) is 14.5 Å². The topological polar surface area (TPSA) is 95.9 Å². The van der Waals surface area contributed by atoms with Crippen LogP contribution < -0.4 is 9.73 Å². The summed E-state index contributed by atoms with van der Waals surface area (Å²) in [6.45, 7) is 6.36. The summed E-state index contributed by atoms with van der Waals surface area (Å²) in [5.74, 6) is -0.433. The number of hydrazone groups is 1. The smallest absolute Gasteiger partial charge is 0.244 e. The third-order valence-electron chi connectivity index (χ3n) is 5.79. The molecule has 0 bridgehead atoms. The van der Waals surface area contributed by atoms with Crippen molar-refractivity contribution in [2.45, 2.75) is 45.4 Å². The minimum Gasteiger partial charge on any atom is -0.294 e. The average molecular weight is 466 g/mol. The van der Waals surface area contributed by atoms with Crippen molar-refractivity contribution in [1.29, 1.82) is 0 Å². The Morgan fingerprint density at radius 3 is 2.42 bits per heavy atom. The summed E-state index contributed by atoms with van der Waals surface area (Å²) in [7, 11) is -3.40. The number of rotatable bonds is 4. The normalized spacial score (nSPS) is 17.6. The van der Waals surface area contributed by atoms with Crippen LogP contribution in [0.1, 0.15) is 50.3 Å². The summed E-state index contributed by atoms with van der Waals surface area (Å²) in [6, 6.07) is 12.1. The Labute approximate surface area is 194 Å². The Morgan fingerprint density at radius 2 is 1.76 bits per heavy atom. The number of anilines is 1. The van der Waals surface area contributed by atoms with Crippen molar-refractivity contribution in [2.75, 3.05) is 11.2 Å². The lowest BCUT2D eigenvalue weighted by Gasteiger charge is -2.26. The van der Waals surface area contributed by atoms with Gasteiger partial charge in [0.2, 0.25) is 15.9 Å². The SMILES string of the molecule is CC(C)(C)c1cc(-c2ccc3c(c2)CC/C3=N\NS(C)(=O)=O)cc(N2C=CC(=O)CC2=O)c1. The maximum atomic E-state index is 12.5. The van der Waals surface area contributed by atoms with Crippen molar-refractivity contribution < 1.29 is 18.0 Å². The highest BCUT2D eigenvalue weighted by atomic mass is 32.2. The van der Waals surface area contributed by atoms with Crippen molar-refractivity contribution in [2.24, 2.45) is 5.10 Å². The molecule has 2 aromatic carbocycles. The number of ketones is 1. The van der Waals surface area contributed by atoms with Crippen LogP contribution in [0, 0.1) is 0 Å². The second-order valence-electron chi connectivity index (χ2n) is 9.54. The van der Waals surface area contributed by atoms with Gasteiger partial charge in [0.05, 0.1) is 18.4 Å². The summed E-state index contributed by atoms with van der Waals surface area (Å²) in [6.07, 6.45) is 5.36. The first-order valence-electron chi connectivity index (χ1n) is 10.8. The summed E-state index contributed by atoms with van der Waals surface area (Å²) in [4.78, 5) is 27.9. The summed E-state index contributed by atoms with van der Waals surface area (Å²) < 4.78 is 22.8. The number of allylic oxidation sites excluding steroid dienone is 1. The summed E-state index contributed by atoms with van der Waals surface area (Å²) in [5.41, 5.74) is 6.40. The molecule has 33 heavy (non-hydrogen) atoms. The zero-order valence-electron chi connectivity index (χ0n) is 19.2. The summed E-state index contributed by atoms with van der Waals surface area (Å²) in [5, 5.41) is 4.07. The van der Waals surface area contributed by atoms with Gasteiger partial charge in [0.25, 0.3) is 0 Å². The molecule has 8 heteroatoms. The van der Waals surface area contributed by atoms with Gasteiger partial charge in [-0.25, -0.2) is 13.2 Å².